The number of anilines is 1. The van der Waals surface area contributed by atoms with Crippen molar-refractivity contribution < 1.29 is 14.4 Å². The predicted octanol–water partition coefficient (Wildman–Crippen LogP) is 1.97. The summed E-state index contributed by atoms with van der Waals surface area (Å²) in [6, 6.07) is 13.8. The Balaban J connectivity index is 1.34. The van der Waals surface area contributed by atoms with Crippen molar-refractivity contribution in [2.45, 2.75) is 18.9 Å². The number of nitrogens with one attached hydrogen (secondary N) is 4. The zero-order chi connectivity index (χ0) is 19.5. The van der Waals surface area contributed by atoms with E-state index in [0.717, 1.165) is 16.5 Å². The molecule has 28 heavy (non-hydrogen) atoms. The normalized spacial score (nSPS) is 16.1. The van der Waals surface area contributed by atoms with Gasteiger partial charge in [0.15, 0.2) is 0 Å². The highest BCUT2D eigenvalue weighted by Gasteiger charge is 2.29. The maximum Gasteiger partial charge on any atom is 0.254 e. The fraction of sp³-hybridized carbons (Fsp3) is 0.190. The molecular weight excluding hydrogens is 356 g/mol. The summed E-state index contributed by atoms with van der Waals surface area (Å²) in [6.45, 7) is 0.448. The van der Waals surface area contributed by atoms with Crippen LogP contribution < -0.4 is 16.0 Å². The Labute approximate surface area is 161 Å². The molecule has 4 N–H and O–H groups in total. The highest BCUT2D eigenvalue weighted by atomic mass is 16.2. The Hall–Kier alpha value is -3.61. The molecule has 3 amide bonds. The van der Waals surface area contributed by atoms with E-state index in [1.165, 1.54) is 0 Å². The number of hydrogen-bond acceptors (Lipinski definition) is 3. The van der Waals surface area contributed by atoms with Crippen molar-refractivity contribution in [3.05, 3.63) is 65.9 Å². The first kappa shape index (κ1) is 17.8. The van der Waals surface area contributed by atoms with Crippen LogP contribution in [0.3, 0.4) is 0 Å². The molecule has 142 valence electrons. The number of aromatic amines is 1. The van der Waals surface area contributed by atoms with Crippen LogP contribution in [0.15, 0.2) is 54.7 Å². The first-order valence-electron chi connectivity index (χ1n) is 9.14. The molecule has 3 aromatic rings. The van der Waals surface area contributed by atoms with Crippen LogP contribution in [0.25, 0.3) is 10.9 Å². The van der Waals surface area contributed by atoms with E-state index in [0.29, 0.717) is 24.2 Å². The second kappa shape index (κ2) is 7.56. The molecule has 0 saturated carbocycles. The van der Waals surface area contributed by atoms with Crippen LogP contribution in [-0.4, -0.2) is 35.3 Å². The number of carbonyl (C=O) groups excluding carboxylic acids is 3. The third-order valence-corrected chi connectivity index (χ3v) is 4.83. The monoisotopic (exact) mass is 376 g/mol. The maximum atomic E-state index is 12.4. The number of fused-ring (bicyclic) bond motifs is 2. The van der Waals surface area contributed by atoms with Gasteiger partial charge in [-0.15, -0.1) is 0 Å². The average Bonchev–Trinajstić information content (AvgIpc) is 3.06. The topological polar surface area (TPSA) is 103 Å². The minimum Gasteiger partial charge on any atom is -0.361 e. The summed E-state index contributed by atoms with van der Waals surface area (Å²) >= 11 is 0. The first-order valence-corrected chi connectivity index (χ1v) is 9.14. The van der Waals surface area contributed by atoms with Gasteiger partial charge in [-0.05, 0) is 30.2 Å². The Morgan fingerprint density at radius 1 is 1.04 bits per heavy atom. The number of benzene rings is 2. The summed E-state index contributed by atoms with van der Waals surface area (Å²) in [5.74, 6) is -1.05. The van der Waals surface area contributed by atoms with E-state index in [1.807, 2.05) is 30.5 Å². The zero-order valence-corrected chi connectivity index (χ0v) is 15.1. The maximum absolute atomic E-state index is 12.4. The molecule has 2 aromatic carbocycles. The average molecular weight is 376 g/mol. The Morgan fingerprint density at radius 3 is 2.71 bits per heavy atom. The van der Waals surface area contributed by atoms with Gasteiger partial charge in [-0.1, -0.05) is 30.3 Å². The van der Waals surface area contributed by atoms with Crippen LogP contribution >= 0.6 is 0 Å². The molecule has 1 aliphatic heterocycles. The molecule has 0 spiro atoms. The standard InChI is InChI=1S/C21H20N4O3/c26-19(22-10-9-13-12-23-16-7-3-1-5-14(13)16)11-18-21(28)24-17-8-4-2-6-15(17)20(27)25-18/h1-8,12,18,23H,9-11H2,(H,22,26)(H,24,28)(H,25,27)/t18-/m0/s1. The zero-order valence-electron chi connectivity index (χ0n) is 15.1. The summed E-state index contributed by atoms with van der Waals surface area (Å²) in [4.78, 5) is 40.1. The van der Waals surface area contributed by atoms with Crippen LogP contribution in [0.5, 0.6) is 0 Å². The summed E-state index contributed by atoms with van der Waals surface area (Å²) in [5.41, 5.74) is 3.01. The molecule has 0 bridgehead atoms. The van der Waals surface area contributed by atoms with E-state index in [-0.39, 0.29) is 18.2 Å². The van der Waals surface area contributed by atoms with Crippen molar-refractivity contribution in [1.82, 2.24) is 15.6 Å². The van der Waals surface area contributed by atoms with Crippen molar-refractivity contribution in [1.29, 1.82) is 0 Å². The lowest BCUT2D eigenvalue weighted by molar-refractivity contribution is -0.125. The molecule has 0 saturated heterocycles. The number of amides is 3. The van der Waals surface area contributed by atoms with Gasteiger partial charge in [0, 0.05) is 23.6 Å². The second-order valence-electron chi connectivity index (χ2n) is 6.72. The summed E-state index contributed by atoms with van der Waals surface area (Å²) < 4.78 is 0. The Morgan fingerprint density at radius 2 is 1.82 bits per heavy atom. The second-order valence-corrected chi connectivity index (χ2v) is 6.72. The molecule has 7 heteroatoms. The molecule has 2 heterocycles. The molecule has 7 nitrogen and oxygen atoms in total. The molecule has 1 aliphatic rings. The lowest BCUT2D eigenvalue weighted by atomic mass is 10.1. The third kappa shape index (κ3) is 3.59. The Kier molecular flexibility index (Phi) is 4.80. The molecule has 4 rings (SSSR count). The number of carbonyl (C=O) groups is 3. The summed E-state index contributed by atoms with van der Waals surface area (Å²) in [7, 11) is 0. The predicted molar refractivity (Wildman–Crippen MR) is 106 cm³/mol. The highest BCUT2D eigenvalue weighted by Crippen LogP contribution is 2.19. The fourth-order valence-electron chi connectivity index (χ4n) is 3.39. The van der Waals surface area contributed by atoms with Crippen LogP contribution in [0.1, 0.15) is 22.3 Å². The molecule has 0 radical (unpaired) electrons. The van der Waals surface area contributed by atoms with E-state index in [4.69, 9.17) is 0 Å². The van der Waals surface area contributed by atoms with E-state index in [2.05, 4.69) is 20.9 Å². The van der Waals surface area contributed by atoms with Crippen molar-refractivity contribution >= 4 is 34.3 Å². The van der Waals surface area contributed by atoms with Gasteiger partial charge in [0.25, 0.3) is 5.91 Å². The van der Waals surface area contributed by atoms with Gasteiger partial charge in [-0.2, -0.15) is 0 Å². The molecule has 0 unspecified atom stereocenters. The van der Waals surface area contributed by atoms with E-state index >= 15 is 0 Å². The number of aromatic nitrogens is 1. The fourth-order valence-corrected chi connectivity index (χ4v) is 3.39. The van der Waals surface area contributed by atoms with Gasteiger partial charge < -0.3 is 20.9 Å². The third-order valence-electron chi connectivity index (χ3n) is 4.83. The van der Waals surface area contributed by atoms with Crippen LogP contribution in [-0.2, 0) is 16.0 Å². The Bertz CT molecular complexity index is 1060. The lowest BCUT2D eigenvalue weighted by Crippen LogP contribution is -2.44. The van der Waals surface area contributed by atoms with E-state index < -0.39 is 11.9 Å². The molecular formula is C21H20N4O3. The van der Waals surface area contributed by atoms with Gasteiger partial charge in [-0.3, -0.25) is 14.4 Å². The van der Waals surface area contributed by atoms with Crippen molar-refractivity contribution in [2.24, 2.45) is 0 Å². The first-order chi connectivity index (χ1) is 13.6. The van der Waals surface area contributed by atoms with Crippen LogP contribution in [0.4, 0.5) is 5.69 Å². The molecule has 0 aliphatic carbocycles. The smallest absolute Gasteiger partial charge is 0.254 e. The van der Waals surface area contributed by atoms with Gasteiger partial charge >= 0.3 is 0 Å². The van der Waals surface area contributed by atoms with Crippen molar-refractivity contribution in [3.63, 3.8) is 0 Å². The van der Waals surface area contributed by atoms with Gasteiger partial charge in [0.05, 0.1) is 17.7 Å². The van der Waals surface area contributed by atoms with Crippen LogP contribution in [0, 0.1) is 0 Å². The molecule has 1 atom stereocenters. The molecule has 1 aromatic heterocycles. The van der Waals surface area contributed by atoms with Crippen molar-refractivity contribution in [2.75, 3.05) is 11.9 Å². The number of hydrogen-bond donors (Lipinski definition) is 4. The molecule has 0 fully saturated rings. The minimum atomic E-state index is -0.909. The minimum absolute atomic E-state index is 0.112. The number of H-pyrrole nitrogens is 1. The highest BCUT2D eigenvalue weighted by molar-refractivity contribution is 6.10. The van der Waals surface area contributed by atoms with Crippen LogP contribution in [0.2, 0.25) is 0 Å². The van der Waals surface area contributed by atoms with Gasteiger partial charge in [0.1, 0.15) is 6.04 Å². The van der Waals surface area contributed by atoms with Crippen molar-refractivity contribution in [3.8, 4) is 0 Å². The SMILES string of the molecule is O=C(C[C@@H]1NC(=O)c2ccccc2NC1=O)NCCc1c[nH]c2ccccc12. The van der Waals surface area contributed by atoms with E-state index in [9.17, 15) is 14.4 Å². The largest absolute Gasteiger partial charge is 0.361 e. The quantitative estimate of drug-likeness (QED) is 0.547. The summed E-state index contributed by atoms with van der Waals surface area (Å²) in [5, 5.41) is 9.28. The number of para-hydroxylation sites is 2. The van der Waals surface area contributed by atoms with E-state index in [1.54, 1.807) is 24.3 Å². The van der Waals surface area contributed by atoms with Gasteiger partial charge in [0.2, 0.25) is 11.8 Å². The number of rotatable bonds is 5. The summed E-state index contributed by atoms with van der Waals surface area (Å²) in [6.07, 6.45) is 2.50. The lowest BCUT2D eigenvalue weighted by Gasteiger charge is -2.14. The van der Waals surface area contributed by atoms with Gasteiger partial charge in [-0.25, -0.2) is 0 Å².